The molecule has 0 bridgehead atoms. The number of carbonyl (C=O) groups excluding carboxylic acids is 2. The normalized spacial score (nSPS) is 17.7. The Balaban J connectivity index is 2.09. The number of hydrogen-bond acceptors (Lipinski definition) is 4. The molecule has 1 amide bonds. The molecule has 0 saturated carbocycles. The first-order valence-corrected chi connectivity index (χ1v) is 9.41. The van der Waals surface area contributed by atoms with E-state index < -0.39 is 0 Å². The monoisotopic (exact) mass is 393 g/mol. The molecule has 0 fully saturated rings. The molecule has 1 atom stereocenters. The quantitative estimate of drug-likeness (QED) is 0.652. The number of ether oxygens (including phenoxy) is 1. The van der Waals surface area contributed by atoms with Crippen molar-refractivity contribution in [1.82, 2.24) is 5.06 Å². The first-order chi connectivity index (χ1) is 12.6. The Bertz CT molecular complexity index is 769. The summed E-state index contributed by atoms with van der Waals surface area (Å²) in [7, 11) is 1.44. The molecule has 1 aromatic rings. The molecule has 148 valence electrons. The second-order valence-corrected chi connectivity index (χ2v) is 8.33. The van der Waals surface area contributed by atoms with Gasteiger partial charge in [-0.05, 0) is 55.4 Å². The summed E-state index contributed by atoms with van der Waals surface area (Å²) in [4.78, 5) is 30.3. The Morgan fingerprint density at radius 2 is 1.96 bits per heavy atom. The summed E-state index contributed by atoms with van der Waals surface area (Å²) in [5, 5.41) is 1.93. The van der Waals surface area contributed by atoms with Gasteiger partial charge in [-0.3, -0.25) is 14.4 Å². The van der Waals surface area contributed by atoms with Gasteiger partial charge >= 0.3 is 0 Å². The fourth-order valence-electron chi connectivity index (χ4n) is 3.55. The maximum atomic E-state index is 12.6. The van der Waals surface area contributed by atoms with Gasteiger partial charge in [0.15, 0.2) is 18.1 Å². The second kappa shape index (κ2) is 8.44. The molecule has 1 aliphatic rings. The minimum Gasteiger partial charge on any atom is -0.480 e. The standard InChI is InChI=1S/C21H28ClNO4/c1-13-9-16(7-8-17(13)22)15(3)23(26-6)19(25)12-27-20-14(2)10-21(4,5)11-18(20)24/h7-9,15H,10-12H2,1-6H3. The van der Waals surface area contributed by atoms with Crippen LogP contribution in [-0.2, 0) is 19.2 Å². The molecule has 0 saturated heterocycles. The number of carbonyl (C=O) groups is 2. The summed E-state index contributed by atoms with van der Waals surface area (Å²) < 4.78 is 5.61. The SMILES string of the molecule is CON(C(=O)COC1=C(C)CC(C)(C)CC1=O)C(C)c1ccc(Cl)c(C)c1. The molecule has 0 aliphatic heterocycles. The van der Waals surface area contributed by atoms with Gasteiger partial charge in [0.05, 0.1) is 13.2 Å². The van der Waals surface area contributed by atoms with Crippen molar-refractivity contribution in [1.29, 1.82) is 0 Å². The molecule has 5 nitrogen and oxygen atoms in total. The highest BCUT2D eigenvalue weighted by molar-refractivity contribution is 6.31. The maximum absolute atomic E-state index is 12.6. The van der Waals surface area contributed by atoms with Crippen molar-refractivity contribution >= 4 is 23.3 Å². The van der Waals surface area contributed by atoms with Crippen LogP contribution < -0.4 is 0 Å². The Kier molecular flexibility index (Phi) is 6.71. The number of Topliss-reactive ketones (excluding diaryl/α,β-unsaturated/α-hetero) is 1. The lowest BCUT2D eigenvalue weighted by Gasteiger charge is -2.31. The lowest BCUT2D eigenvalue weighted by atomic mass is 9.76. The Morgan fingerprint density at radius 1 is 1.30 bits per heavy atom. The zero-order valence-electron chi connectivity index (χ0n) is 16.9. The van der Waals surface area contributed by atoms with Crippen molar-refractivity contribution < 1.29 is 19.2 Å². The van der Waals surface area contributed by atoms with Gasteiger partial charge in [0.2, 0.25) is 0 Å². The smallest absolute Gasteiger partial charge is 0.284 e. The topological polar surface area (TPSA) is 55.8 Å². The van der Waals surface area contributed by atoms with Crippen molar-refractivity contribution in [3.8, 4) is 0 Å². The predicted molar refractivity (Wildman–Crippen MR) is 105 cm³/mol. The van der Waals surface area contributed by atoms with Crippen LogP contribution in [0.15, 0.2) is 29.5 Å². The summed E-state index contributed by atoms with van der Waals surface area (Å²) in [5.41, 5.74) is 2.64. The van der Waals surface area contributed by atoms with E-state index >= 15 is 0 Å². The fraction of sp³-hybridized carbons (Fsp3) is 0.524. The van der Waals surface area contributed by atoms with Crippen LogP contribution in [0.4, 0.5) is 0 Å². The van der Waals surface area contributed by atoms with Gasteiger partial charge in [-0.25, -0.2) is 5.06 Å². The summed E-state index contributed by atoms with van der Waals surface area (Å²) >= 11 is 6.08. The van der Waals surface area contributed by atoms with Gasteiger partial charge in [-0.1, -0.05) is 37.6 Å². The van der Waals surface area contributed by atoms with E-state index in [1.165, 1.54) is 12.2 Å². The highest BCUT2D eigenvalue weighted by Crippen LogP contribution is 2.37. The van der Waals surface area contributed by atoms with Crippen molar-refractivity contribution in [2.75, 3.05) is 13.7 Å². The number of halogens is 1. The van der Waals surface area contributed by atoms with Crippen LogP contribution in [-0.4, -0.2) is 30.5 Å². The van der Waals surface area contributed by atoms with Gasteiger partial charge in [0, 0.05) is 11.4 Å². The number of allylic oxidation sites excluding steroid dienone is 2. The number of rotatable bonds is 6. The van der Waals surface area contributed by atoms with Crippen molar-refractivity contribution in [3.05, 3.63) is 45.7 Å². The van der Waals surface area contributed by atoms with Crippen LogP contribution in [0.3, 0.4) is 0 Å². The van der Waals surface area contributed by atoms with E-state index in [0.717, 1.165) is 23.1 Å². The molecular weight excluding hydrogens is 366 g/mol. The van der Waals surface area contributed by atoms with Crippen LogP contribution in [0.2, 0.25) is 5.02 Å². The van der Waals surface area contributed by atoms with E-state index in [0.29, 0.717) is 17.2 Å². The van der Waals surface area contributed by atoms with Gasteiger partial charge in [0.25, 0.3) is 5.91 Å². The van der Waals surface area contributed by atoms with Gasteiger partial charge in [0.1, 0.15) is 0 Å². The number of benzene rings is 1. The minimum atomic E-state index is -0.351. The molecule has 1 aromatic carbocycles. The highest BCUT2D eigenvalue weighted by atomic mass is 35.5. The third kappa shape index (κ3) is 5.11. The molecule has 0 heterocycles. The first-order valence-electron chi connectivity index (χ1n) is 9.03. The molecule has 1 unspecified atom stereocenters. The summed E-state index contributed by atoms with van der Waals surface area (Å²) in [5.74, 6) is -0.0915. The van der Waals surface area contributed by atoms with Crippen LogP contribution >= 0.6 is 11.6 Å². The number of nitrogens with zero attached hydrogens (tertiary/aromatic N) is 1. The van der Waals surface area contributed by atoms with Gasteiger partial charge in [-0.2, -0.15) is 0 Å². The first kappa shape index (κ1) is 21.5. The van der Waals surface area contributed by atoms with E-state index in [2.05, 4.69) is 13.8 Å². The Labute approximate surface area is 166 Å². The largest absolute Gasteiger partial charge is 0.480 e. The summed E-state index contributed by atoms with van der Waals surface area (Å²) in [6, 6.07) is 5.26. The van der Waals surface area contributed by atoms with E-state index in [1.807, 2.05) is 32.9 Å². The lowest BCUT2D eigenvalue weighted by molar-refractivity contribution is -0.191. The zero-order valence-corrected chi connectivity index (χ0v) is 17.6. The molecule has 2 rings (SSSR count). The molecular formula is C21H28ClNO4. The molecule has 0 spiro atoms. The van der Waals surface area contributed by atoms with Crippen molar-refractivity contribution in [2.24, 2.45) is 5.41 Å². The van der Waals surface area contributed by atoms with E-state index in [-0.39, 0.29) is 29.8 Å². The molecule has 6 heteroatoms. The van der Waals surface area contributed by atoms with Crippen LogP contribution in [0.5, 0.6) is 0 Å². The number of hydroxylamine groups is 2. The highest BCUT2D eigenvalue weighted by Gasteiger charge is 2.33. The number of ketones is 1. The van der Waals surface area contributed by atoms with E-state index in [9.17, 15) is 9.59 Å². The van der Waals surface area contributed by atoms with Crippen LogP contribution in [0.1, 0.15) is 57.7 Å². The average Bonchev–Trinajstić information content (AvgIpc) is 2.56. The molecule has 0 aromatic heterocycles. The third-order valence-electron chi connectivity index (χ3n) is 4.82. The molecule has 27 heavy (non-hydrogen) atoms. The molecule has 0 radical (unpaired) electrons. The average molecular weight is 394 g/mol. The zero-order chi connectivity index (χ0) is 20.4. The van der Waals surface area contributed by atoms with Gasteiger partial charge in [-0.15, -0.1) is 0 Å². The third-order valence-corrected chi connectivity index (χ3v) is 5.25. The second-order valence-electron chi connectivity index (χ2n) is 7.93. The predicted octanol–water partition coefficient (Wildman–Crippen LogP) is 4.78. The van der Waals surface area contributed by atoms with E-state index in [1.54, 1.807) is 6.07 Å². The van der Waals surface area contributed by atoms with Crippen molar-refractivity contribution in [2.45, 2.75) is 53.5 Å². The van der Waals surface area contributed by atoms with Crippen LogP contribution in [0, 0.1) is 12.3 Å². The minimum absolute atomic E-state index is 0.0538. The number of amides is 1. The fourth-order valence-corrected chi connectivity index (χ4v) is 3.67. The summed E-state index contributed by atoms with van der Waals surface area (Å²) in [6.07, 6.45) is 1.19. The van der Waals surface area contributed by atoms with E-state index in [4.69, 9.17) is 21.2 Å². The van der Waals surface area contributed by atoms with Crippen molar-refractivity contribution in [3.63, 3.8) is 0 Å². The van der Waals surface area contributed by atoms with Crippen LogP contribution in [0.25, 0.3) is 0 Å². The molecule has 1 aliphatic carbocycles. The lowest BCUT2D eigenvalue weighted by Crippen LogP contribution is -2.36. The number of aryl methyl sites for hydroxylation is 1. The Morgan fingerprint density at radius 3 is 2.52 bits per heavy atom. The Hall–Kier alpha value is -1.85. The summed E-state index contributed by atoms with van der Waals surface area (Å²) in [6.45, 7) is 9.52. The molecule has 0 N–H and O–H groups in total. The maximum Gasteiger partial charge on any atom is 0.284 e. The van der Waals surface area contributed by atoms with Gasteiger partial charge < -0.3 is 4.74 Å². The number of hydrogen-bond donors (Lipinski definition) is 0.